The van der Waals surface area contributed by atoms with E-state index in [1.807, 2.05) is 0 Å². The number of hydrogen-bond acceptors (Lipinski definition) is 1. The fourth-order valence-corrected chi connectivity index (χ4v) is 0.799. The van der Waals surface area contributed by atoms with Gasteiger partial charge in [-0.05, 0) is 28.9 Å². The molecule has 0 saturated carbocycles. The van der Waals surface area contributed by atoms with Crippen LogP contribution in [0.4, 0.5) is 4.39 Å². The van der Waals surface area contributed by atoms with Crippen LogP contribution >= 0.6 is 15.9 Å². The van der Waals surface area contributed by atoms with Crippen molar-refractivity contribution in [2.24, 2.45) is 0 Å². The van der Waals surface area contributed by atoms with Crippen LogP contribution in [-0.2, 0) is 0 Å². The van der Waals surface area contributed by atoms with Gasteiger partial charge in [-0.3, -0.25) is 4.98 Å². The fourth-order valence-electron chi connectivity index (χ4n) is 0.424. The molecule has 1 aromatic heterocycles. The van der Waals surface area contributed by atoms with Crippen LogP contribution in [0.5, 0.6) is 0 Å². The van der Waals surface area contributed by atoms with Crippen LogP contribution in [0.25, 0.3) is 0 Å². The molecule has 0 aliphatic rings. The highest BCUT2D eigenvalue weighted by Crippen LogP contribution is 2.13. The minimum atomic E-state index is -0.777. The molecule has 1 nitrogen and oxygen atoms in total. The standard InChI is InChI=1S/C6H5BrFN/c1-4-2-5(7)6(8)3-9-4/h2-3H,1H3/i2D,3D. The van der Waals surface area contributed by atoms with Crippen molar-refractivity contribution in [2.45, 2.75) is 6.92 Å². The SMILES string of the molecule is [2H]c1nc(C)c([2H])c(Br)c1F. The smallest absolute Gasteiger partial charge is 0.155 e. The largest absolute Gasteiger partial charge is 0.258 e. The summed E-state index contributed by atoms with van der Waals surface area (Å²) in [5.74, 6) is -0.777. The van der Waals surface area contributed by atoms with E-state index >= 15 is 0 Å². The molecule has 0 fully saturated rings. The summed E-state index contributed by atoms with van der Waals surface area (Å²) in [5, 5.41) is 0. The van der Waals surface area contributed by atoms with E-state index in [-0.39, 0.29) is 10.5 Å². The first-order valence-electron chi connectivity index (χ1n) is 3.33. The van der Waals surface area contributed by atoms with Crippen molar-refractivity contribution >= 4 is 15.9 Å². The van der Waals surface area contributed by atoms with E-state index in [2.05, 4.69) is 20.9 Å². The van der Waals surface area contributed by atoms with Crippen LogP contribution < -0.4 is 0 Å². The molecule has 0 aliphatic heterocycles. The van der Waals surface area contributed by atoms with Gasteiger partial charge in [-0.2, -0.15) is 0 Å². The summed E-state index contributed by atoms with van der Waals surface area (Å²) >= 11 is 2.86. The normalized spacial score (nSPS) is 12.8. The maximum absolute atomic E-state index is 12.8. The van der Waals surface area contributed by atoms with Gasteiger partial charge in [0, 0.05) is 5.69 Å². The zero-order valence-electron chi connectivity index (χ0n) is 6.70. The summed E-state index contributed by atoms with van der Waals surface area (Å²) in [4.78, 5) is 3.51. The van der Waals surface area contributed by atoms with Crippen LogP contribution in [0.2, 0.25) is 0 Å². The predicted octanol–water partition coefficient (Wildman–Crippen LogP) is 2.29. The van der Waals surface area contributed by atoms with Gasteiger partial charge in [0.2, 0.25) is 0 Å². The van der Waals surface area contributed by atoms with Gasteiger partial charge in [-0.25, -0.2) is 4.39 Å². The van der Waals surface area contributed by atoms with E-state index in [9.17, 15) is 4.39 Å². The van der Waals surface area contributed by atoms with E-state index < -0.39 is 12.0 Å². The van der Waals surface area contributed by atoms with Crippen LogP contribution in [0.3, 0.4) is 0 Å². The number of aryl methyl sites for hydroxylation is 1. The molecule has 48 valence electrons. The van der Waals surface area contributed by atoms with Crippen molar-refractivity contribution in [3.8, 4) is 0 Å². The van der Waals surface area contributed by atoms with Gasteiger partial charge < -0.3 is 0 Å². The summed E-state index contributed by atoms with van der Waals surface area (Å²) in [6.45, 7) is 1.56. The summed E-state index contributed by atoms with van der Waals surface area (Å²) in [6, 6.07) is -0.00139. The lowest BCUT2D eigenvalue weighted by atomic mass is 10.4. The van der Waals surface area contributed by atoms with E-state index in [1.165, 1.54) is 0 Å². The molecule has 0 radical (unpaired) electrons. The topological polar surface area (TPSA) is 12.9 Å². The summed E-state index contributed by atoms with van der Waals surface area (Å²) in [7, 11) is 0. The average Bonchev–Trinajstić information content (AvgIpc) is 1.97. The molecular weight excluding hydrogens is 185 g/mol. The van der Waals surface area contributed by atoms with E-state index in [1.54, 1.807) is 6.92 Å². The lowest BCUT2D eigenvalue weighted by molar-refractivity contribution is 0.613. The Kier molecular flexibility index (Phi) is 1.19. The molecule has 0 aliphatic carbocycles. The number of hydrogen-bond donors (Lipinski definition) is 0. The van der Waals surface area contributed by atoms with Crippen LogP contribution in [0.1, 0.15) is 8.44 Å². The minimum absolute atomic E-state index is 0.00139. The molecule has 1 rings (SSSR count). The van der Waals surface area contributed by atoms with Gasteiger partial charge in [0.15, 0.2) is 5.82 Å². The third-order valence-corrected chi connectivity index (χ3v) is 1.35. The number of rotatable bonds is 0. The highest BCUT2D eigenvalue weighted by molar-refractivity contribution is 9.10. The van der Waals surface area contributed by atoms with E-state index in [0.29, 0.717) is 5.69 Å². The second-order valence-electron chi connectivity index (χ2n) is 1.56. The molecule has 0 saturated heterocycles. The Morgan fingerprint density at radius 2 is 2.56 bits per heavy atom. The predicted molar refractivity (Wildman–Crippen MR) is 36.6 cm³/mol. The Bertz CT molecular complexity index is 277. The Balaban J connectivity index is 3.46. The molecule has 0 atom stereocenters. The first kappa shape index (κ1) is 4.39. The quantitative estimate of drug-likeness (QED) is 0.614. The van der Waals surface area contributed by atoms with E-state index in [4.69, 9.17) is 2.74 Å². The van der Waals surface area contributed by atoms with Gasteiger partial charge in [0.1, 0.15) is 0 Å². The van der Waals surface area contributed by atoms with Crippen LogP contribution in [0, 0.1) is 12.7 Å². The maximum Gasteiger partial charge on any atom is 0.155 e. The number of aromatic nitrogens is 1. The minimum Gasteiger partial charge on any atom is -0.258 e. The molecule has 0 N–H and O–H groups in total. The first-order chi connectivity index (χ1) is 5.04. The monoisotopic (exact) mass is 191 g/mol. The fraction of sp³-hybridized carbons (Fsp3) is 0.167. The van der Waals surface area contributed by atoms with Crippen molar-refractivity contribution in [3.05, 3.63) is 28.2 Å². The van der Waals surface area contributed by atoms with Crippen molar-refractivity contribution in [1.82, 2.24) is 4.98 Å². The molecule has 0 unspecified atom stereocenters. The van der Waals surface area contributed by atoms with Gasteiger partial charge >= 0.3 is 0 Å². The summed E-state index contributed by atoms with van der Waals surface area (Å²) < 4.78 is 27.0. The van der Waals surface area contributed by atoms with Crippen LogP contribution in [0.15, 0.2) is 16.7 Å². The average molecular weight is 192 g/mol. The van der Waals surface area contributed by atoms with Gasteiger partial charge in [0.05, 0.1) is 13.4 Å². The second-order valence-corrected chi connectivity index (χ2v) is 2.35. The van der Waals surface area contributed by atoms with E-state index in [0.717, 1.165) is 0 Å². The van der Waals surface area contributed by atoms with Crippen molar-refractivity contribution in [3.63, 3.8) is 0 Å². The molecule has 1 heterocycles. The number of halogens is 2. The van der Waals surface area contributed by atoms with Gasteiger partial charge in [-0.15, -0.1) is 0 Å². The molecule has 1 aromatic rings. The molecular formula is C6H5BrFN. The Labute approximate surface area is 63.9 Å². The van der Waals surface area contributed by atoms with Crippen LogP contribution in [-0.4, -0.2) is 4.98 Å². The number of nitrogens with zero attached hydrogens (tertiary/aromatic N) is 1. The summed E-state index contributed by atoms with van der Waals surface area (Å²) in [5.41, 5.74) is 0.350. The van der Waals surface area contributed by atoms with Crippen molar-refractivity contribution < 1.29 is 7.13 Å². The molecule has 0 amide bonds. The second kappa shape index (κ2) is 2.43. The van der Waals surface area contributed by atoms with Crippen molar-refractivity contribution in [2.75, 3.05) is 0 Å². The Morgan fingerprint density at radius 1 is 1.89 bits per heavy atom. The molecule has 0 spiro atoms. The van der Waals surface area contributed by atoms with Crippen molar-refractivity contribution in [1.29, 1.82) is 0 Å². The lowest BCUT2D eigenvalue weighted by Gasteiger charge is -1.92. The third kappa shape index (κ3) is 1.48. The zero-order valence-corrected chi connectivity index (χ0v) is 6.29. The Morgan fingerprint density at radius 3 is 3.22 bits per heavy atom. The van der Waals surface area contributed by atoms with Gasteiger partial charge in [-0.1, -0.05) is 0 Å². The first-order valence-corrected chi connectivity index (χ1v) is 3.12. The summed E-state index contributed by atoms with van der Waals surface area (Å²) in [6.07, 6.45) is -0.426. The number of pyridine rings is 1. The third-order valence-electron chi connectivity index (χ3n) is 0.805. The highest BCUT2D eigenvalue weighted by atomic mass is 79.9. The highest BCUT2D eigenvalue weighted by Gasteiger charge is 1.96. The molecule has 0 bridgehead atoms. The maximum atomic E-state index is 12.8. The molecule has 3 heteroatoms. The molecule has 0 aromatic carbocycles. The Hall–Kier alpha value is -0.440. The lowest BCUT2D eigenvalue weighted by Crippen LogP contribution is -1.83. The molecule has 9 heavy (non-hydrogen) atoms. The zero-order chi connectivity index (χ0) is 8.59. The van der Waals surface area contributed by atoms with Gasteiger partial charge in [0.25, 0.3) is 0 Å².